The standard InChI is InChI=1S/C22H26N6O/c1-4-23-22-25-15(3)18-11-19(21(29)28(5-2)20(18)26-22)17-12-24-27(14-17)13-16-9-7-6-8-10-16/h6-12,17H,4-5,13-14H2,1-3H3,(H,23,25,26). The number of benzene rings is 1. The Kier molecular flexibility index (Phi) is 5.29. The van der Waals surface area contributed by atoms with Crippen molar-refractivity contribution in [2.24, 2.45) is 5.10 Å². The van der Waals surface area contributed by atoms with Gasteiger partial charge in [-0.3, -0.25) is 14.4 Å². The third-order valence-electron chi connectivity index (χ3n) is 5.24. The monoisotopic (exact) mass is 390 g/mol. The first-order valence-electron chi connectivity index (χ1n) is 10.1. The molecule has 0 radical (unpaired) electrons. The van der Waals surface area contributed by atoms with Crippen LogP contribution in [0, 0.1) is 6.92 Å². The molecule has 2 aromatic heterocycles. The summed E-state index contributed by atoms with van der Waals surface area (Å²) in [6.45, 7) is 8.65. The van der Waals surface area contributed by atoms with Gasteiger partial charge in [-0.25, -0.2) is 4.98 Å². The second kappa shape index (κ2) is 8.03. The fourth-order valence-electron chi connectivity index (χ4n) is 3.78. The molecule has 1 unspecified atom stereocenters. The lowest BCUT2D eigenvalue weighted by molar-refractivity contribution is 0.301. The van der Waals surface area contributed by atoms with Crippen molar-refractivity contribution in [2.75, 3.05) is 18.4 Å². The van der Waals surface area contributed by atoms with Crippen LogP contribution in [-0.4, -0.2) is 38.8 Å². The number of nitrogens with zero attached hydrogens (tertiary/aromatic N) is 5. The summed E-state index contributed by atoms with van der Waals surface area (Å²) in [6, 6.07) is 12.2. The lowest BCUT2D eigenvalue weighted by Crippen LogP contribution is -2.28. The molecular weight excluding hydrogens is 364 g/mol. The van der Waals surface area contributed by atoms with Crippen LogP contribution in [0.3, 0.4) is 0 Å². The van der Waals surface area contributed by atoms with Crippen molar-refractivity contribution in [1.82, 2.24) is 19.5 Å². The molecule has 0 aliphatic carbocycles. The maximum atomic E-state index is 13.2. The fourth-order valence-corrected chi connectivity index (χ4v) is 3.78. The second-order valence-corrected chi connectivity index (χ2v) is 7.25. The Bertz CT molecular complexity index is 1110. The van der Waals surface area contributed by atoms with Gasteiger partial charge in [0.1, 0.15) is 5.65 Å². The molecule has 4 rings (SSSR count). The summed E-state index contributed by atoms with van der Waals surface area (Å²) >= 11 is 0. The summed E-state index contributed by atoms with van der Waals surface area (Å²) < 4.78 is 1.74. The minimum absolute atomic E-state index is 0.00133. The van der Waals surface area contributed by atoms with E-state index >= 15 is 0 Å². The van der Waals surface area contributed by atoms with Gasteiger partial charge in [-0.05, 0) is 32.4 Å². The molecule has 0 fully saturated rings. The van der Waals surface area contributed by atoms with Crippen molar-refractivity contribution in [2.45, 2.75) is 39.8 Å². The van der Waals surface area contributed by atoms with E-state index in [0.717, 1.165) is 29.7 Å². The third kappa shape index (κ3) is 3.72. The highest BCUT2D eigenvalue weighted by Gasteiger charge is 2.24. The largest absolute Gasteiger partial charge is 0.354 e. The normalized spacial score (nSPS) is 16.0. The summed E-state index contributed by atoms with van der Waals surface area (Å²) in [4.78, 5) is 22.4. The van der Waals surface area contributed by atoms with Crippen LogP contribution in [0.2, 0.25) is 0 Å². The maximum absolute atomic E-state index is 13.2. The zero-order chi connectivity index (χ0) is 20.4. The van der Waals surface area contributed by atoms with Crippen molar-refractivity contribution in [3.63, 3.8) is 0 Å². The van der Waals surface area contributed by atoms with Crippen molar-refractivity contribution >= 4 is 23.2 Å². The van der Waals surface area contributed by atoms with E-state index in [4.69, 9.17) is 0 Å². The van der Waals surface area contributed by atoms with E-state index in [2.05, 4.69) is 32.5 Å². The Morgan fingerprint density at radius 2 is 1.97 bits per heavy atom. The highest BCUT2D eigenvalue weighted by Crippen LogP contribution is 2.24. The highest BCUT2D eigenvalue weighted by atomic mass is 16.1. The predicted molar refractivity (Wildman–Crippen MR) is 116 cm³/mol. The van der Waals surface area contributed by atoms with E-state index in [0.29, 0.717) is 24.7 Å². The zero-order valence-electron chi connectivity index (χ0n) is 17.1. The number of hydrogen-bond donors (Lipinski definition) is 1. The minimum atomic E-state index is -0.0405. The SMILES string of the molecule is CCNc1nc(C)c2cc(C3C=NN(Cc4ccccc4)C3)c(=O)n(CC)c2n1. The maximum Gasteiger partial charge on any atom is 0.256 e. The van der Waals surface area contributed by atoms with Gasteiger partial charge in [0.2, 0.25) is 5.95 Å². The van der Waals surface area contributed by atoms with Gasteiger partial charge in [0.25, 0.3) is 5.56 Å². The topological polar surface area (TPSA) is 75.4 Å². The van der Waals surface area contributed by atoms with Crippen LogP contribution in [0.25, 0.3) is 11.0 Å². The fraction of sp³-hybridized carbons (Fsp3) is 0.364. The lowest BCUT2D eigenvalue weighted by Gasteiger charge is -2.18. The van der Waals surface area contributed by atoms with Crippen LogP contribution >= 0.6 is 0 Å². The Labute approximate surface area is 170 Å². The van der Waals surface area contributed by atoms with Crippen LogP contribution in [0.15, 0.2) is 46.3 Å². The van der Waals surface area contributed by atoms with E-state index in [1.54, 1.807) is 4.57 Å². The Morgan fingerprint density at radius 3 is 2.69 bits per heavy atom. The average Bonchev–Trinajstić information content (AvgIpc) is 3.17. The van der Waals surface area contributed by atoms with E-state index < -0.39 is 0 Å². The number of anilines is 1. The average molecular weight is 390 g/mol. The number of fused-ring (bicyclic) bond motifs is 1. The summed E-state index contributed by atoms with van der Waals surface area (Å²) in [6.07, 6.45) is 1.88. The Hall–Kier alpha value is -3.22. The number of nitrogens with one attached hydrogen (secondary N) is 1. The van der Waals surface area contributed by atoms with Gasteiger partial charge in [0.05, 0.1) is 12.2 Å². The molecule has 1 atom stereocenters. The van der Waals surface area contributed by atoms with Crippen LogP contribution in [0.4, 0.5) is 5.95 Å². The number of aromatic nitrogens is 3. The van der Waals surface area contributed by atoms with Crippen molar-refractivity contribution in [3.05, 3.63) is 63.6 Å². The Morgan fingerprint density at radius 1 is 1.17 bits per heavy atom. The first-order valence-corrected chi connectivity index (χ1v) is 10.1. The molecular formula is C22H26N6O. The molecule has 0 spiro atoms. The summed E-state index contributed by atoms with van der Waals surface area (Å²) in [7, 11) is 0. The molecule has 7 heteroatoms. The summed E-state index contributed by atoms with van der Waals surface area (Å²) in [5.41, 5.74) is 3.50. The van der Waals surface area contributed by atoms with Gasteiger partial charge >= 0.3 is 0 Å². The van der Waals surface area contributed by atoms with Gasteiger partial charge in [-0.15, -0.1) is 0 Å². The lowest BCUT2D eigenvalue weighted by atomic mass is 10.0. The molecule has 0 amide bonds. The number of hydrazone groups is 1. The predicted octanol–water partition coefficient (Wildman–Crippen LogP) is 3.14. The van der Waals surface area contributed by atoms with Crippen molar-refractivity contribution in [3.8, 4) is 0 Å². The first kappa shape index (κ1) is 19.1. The molecule has 1 aliphatic rings. The smallest absolute Gasteiger partial charge is 0.256 e. The number of pyridine rings is 1. The molecule has 1 N–H and O–H groups in total. The molecule has 0 bridgehead atoms. The number of aryl methyl sites for hydroxylation is 2. The second-order valence-electron chi connectivity index (χ2n) is 7.25. The third-order valence-corrected chi connectivity index (χ3v) is 5.24. The Balaban J connectivity index is 1.69. The molecule has 0 saturated carbocycles. The van der Waals surface area contributed by atoms with Gasteiger partial charge in [0, 0.05) is 42.7 Å². The summed E-state index contributed by atoms with van der Waals surface area (Å²) in [5, 5.41) is 10.6. The van der Waals surface area contributed by atoms with Gasteiger partial charge in [0.15, 0.2) is 0 Å². The molecule has 0 saturated heterocycles. The van der Waals surface area contributed by atoms with E-state index in [9.17, 15) is 4.79 Å². The molecule has 29 heavy (non-hydrogen) atoms. The number of hydrogen-bond acceptors (Lipinski definition) is 6. The van der Waals surface area contributed by atoms with E-state index in [-0.39, 0.29) is 11.5 Å². The summed E-state index contributed by atoms with van der Waals surface area (Å²) in [5.74, 6) is 0.518. The van der Waals surface area contributed by atoms with Crippen LogP contribution < -0.4 is 10.9 Å². The molecule has 7 nitrogen and oxygen atoms in total. The van der Waals surface area contributed by atoms with Crippen molar-refractivity contribution in [1.29, 1.82) is 0 Å². The quantitative estimate of drug-likeness (QED) is 0.700. The van der Waals surface area contributed by atoms with Crippen molar-refractivity contribution < 1.29 is 0 Å². The van der Waals surface area contributed by atoms with Crippen LogP contribution in [0.1, 0.15) is 36.6 Å². The molecule has 3 aromatic rings. The molecule has 1 aliphatic heterocycles. The van der Waals surface area contributed by atoms with Gasteiger partial charge in [-0.1, -0.05) is 30.3 Å². The van der Waals surface area contributed by atoms with E-state index in [1.807, 2.05) is 56.3 Å². The number of rotatable bonds is 6. The highest BCUT2D eigenvalue weighted by molar-refractivity contribution is 5.81. The molecule has 3 heterocycles. The van der Waals surface area contributed by atoms with Crippen LogP contribution in [-0.2, 0) is 13.1 Å². The van der Waals surface area contributed by atoms with E-state index in [1.165, 1.54) is 5.56 Å². The molecule has 150 valence electrons. The first-order chi connectivity index (χ1) is 14.1. The minimum Gasteiger partial charge on any atom is -0.354 e. The zero-order valence-corrected chi connectivity index (χ0v) is 17.1. The van der Waals surface area contributed by atoms with Gasteiger partial charge in [-0.2, -0.15) is 10.1 Å². The van der Waals surface area contributed by atoms with Crippen LogP contribution in [0.5, 0.6) is 0 Å². The van der Waals surface area contributed by atoms with Gasteiger partial charge < -0.3 is 5.32 Å². The molecule has 1 aromatic carbocycles.